The van der Waals surface area contributed by atoms with Crippen molar-refractivity contribution in [3.63, 3.8) is 0 Å². The Bertz CT molecular complexity index is 980. The van der Waals surface area contributed by atoms with E-state index in [9.17, 15) is 23.6 Å². The second-order valence-electron chi connectivity index (χ2n) is 7.12. The molecule has 3 rings (SSSR count). The van der Waals surface area contributed by atoms with E-state index in [1.54, 1.807) is 37.3 Å². The highest BCUT2D eigenvalue weighted by Crippen LogP contribution is 2.28. The molecule has 1 atom stereocenters. The van der Waals surface area contributed by atoms with Gasteiger partial charge in [0.1, 0.15) is 17.9 Å². The molecule has 0 bridgehead atoms. The number of urea groups is 1. The number of imide groups is 1. The average Bonchev–Trinajstić information content (AvgIpc) is 2.94. The van der Waals surface area contributed by atoms with Gasteiger partial charge in [0.05, 0.1) is 6.54 Å². The first-order valence-electron chi connectivity index (χ1n) is 9.20. The molecular weight excluding hydrogens is 391 g/mol. The third kappa shape index (κ3) is 4.29. The van der Waals surface area contributed by atoms with E-state index >= 15 is 0 Å². The number of rotatable bonds is 6. The Balaban J connectivity index is 1.60. The molecule has 0 saturated carbocycles. The first-order chi connectivity index (χ1) is 14.2. The standard InChI is InChI=1S/C21H21FN4O4/c1-21(14-6-4-3-5-7-14)19(29)26(20(30)24-21)13-18(28)25(2)12-17(27)23-16-10-8-15(22)9-11-16/h3-11H,12-13H2,1-2H3,(H,23,27)(H,24,30)/t21-/m0/s1. The maximum atomic E-state index is 12.9. The minimum Gasteiger partial charge on any atom is -0.335 e. The maximum absolute atomic E-state index is 12.9. The van der Waals surface area contributed by atoms with Crippen LogP contribution in [-0.2, 0) is 19.9 Å². The van der Waals surface area contributed by atoms with Crippen molar-refractivity contribution in [2.24, 2.45) is 0 Å². The van der Waals surface area contributed by atoms with E-state index in [-0.39, 0.29) is 6.54 Å². The summed E-state index contributed by atoms with van der Waals surface area (Å²) >= 11 is 0. The van der Waals surface area contributed by atoms with Gasteiger partial charge in [-0.15, -0.1) is 0 Å². The van der Waals surface area contributed by atoms with Crippen LogP contribution in [0.2, 0.25) is 0 Å². The van der Waals surface area contributed by atoms with Gasteiger partial charge >= 0.3 is 6.03 Å². The van der Waals surface area contributed by atoms with Crippen LogP contribution in [0, 0.1) is 5.82 Å². The Kier molecular flexibility index (Phi) is 5.81. The van der Waals surface area contributed by atoms with Gasteiger partial charge in [0.2, 0.25) is 11.8 Å². The van der Waals surface area contributed by atoms with Crippen molar-refractivity contribution in [2.75, 3.05) is 25.5 Å². The molecule has 9 heteroatoms. The highest BCUT2D eigenvalue weighted by Gasteiger charge is 2.49. The number of amides is 5. The van der Waals surface area contributed by atoms with E-state index in [1.165, 1.54) is 31.3 Å². The normalized spacial score (nSPS) is 18.2. The lowest BCUT2D eigenvalue weighted by molar-refractivity contribution is -0.139. The molecule has 8 nitrogen and oxygen atoms in total. The third-order valence-corrected chi connectivity index (χ3v) is 4.85. The van der Waals surface area contributed by atoms with Gasteiger partial charge in [-0.1, -0.05) is 30.3 Å². The summed E-state index contributed by atoms with van der Waals surface area (Å²) in [6.45, 7) is 0.788. The highest BCUT2D eigenvalue weighted by molar-refractivity contribution is 6.09. The molecule has 1 saturated heterocycles. The zero-order valence-corrected chi connectivity index (χ0v) is 16.5. The molecule has 1 heterocycles. The zero-order chi connectivity index (χ0) is 21.9. The maximum Gasteiger partial charge on any atom is 0.325 e. The van der Waals surface area contributed by atoms with Crippen molar-refractivity contribution in [3.05, 3.63) is 66.0 Å². The average molecular weight is 412 g/mol. The Morgan fingerprint density at radius 3 is 2.37 bits per heavy atom. The van der Waals surface area contributed by atoms with E-state index in [0.717, 1.165) is 9.80 Å². The van der Waals surface area contributed by atoms with Crippen LogP contribution in [0.15, 0.2) is 54.6 Å². The van der Waals surface area contributed by atoms with Crippen LogP contribution >= 0.6 is 0 Å². The molecule has 2 aromatic carbocycles. The highest BCUT2D eigenvalue weighted by atomic mass is 19.1. The second kappa shape index (κ2) is 8.32. The van der Waals surface area contributed by atoms with Crippen molar-refractivity contribution in [1.29, 1.82) is 0 Å². The smallest absolute Gasteiger partial charge is 0.325 e. The third-order valence-electron chi connectivity index (χ3n) is 4.85. The van der Waals surface area contributed by atoms with E-state index in [4.69, 9.17) is 0 Å². The number of carbonyl (C=O) groups excluding carboxylic acids is 4. The topological polar surface area (TPSA) is 98.8 Å². The first kappa shape index (κ1) is 21.0. The van der Waals surface area contributed by atoms with Crippen LogP contribution in [0.4, 0.5) is 14.9 Å². The van der Waals surface area contributed by atoms with Crippen molar-refractivity contribution in [1.82, 2.24) is 15.1 Å². The number of anilines is 1. The van der Waals surface area contributed by atoms with E-state index in [2.05, 4.69) is 10.6 Å². The van der Waals surface area contributed by atoms with Crippen LogP contribution < -0.4 is 10.6 Å². The number of likely N-dealkylation sites (N-methyl/N-ethyl adjacent to an activating group) is 1. The minimum absolute atomic E-state index is 0.296. The summed E-state index contributed by atoms with van der Waals surface area (Å²) in [6, 6.07) is 13.2. The van der Waals surface area contributed by atoms with Crippen LogP contribution in [0.3, 0.4) is 0 Å². The van der Waals surface area contributed by atoms with Gasteiger partial charge < -0.3 is 15.5 Å². The number of benzene rings is 2. The fourth-order valence-electron chi connectivity index (χ4n) is 3.10. The summed E-state index contributed by atoms with van der Waals surface area (Å²) in [5.74, 6) is -2.05. The Hall–Kier alpha value is -3.75. The van der Waals surface area contributed by atoms with Crippen LogP contribution in [0.1, 0.15) is 12.5 Å². The van der Waals surface area contributed by atoms with E-state index < -0.39 is 41.7 Å². The molecule has 1 aliphatic heterocycles. The van der Waals surface area contributed by atoms with E-state index in [0.29, 0.717) is 11.3 Å². The Labute approximate surface area is 172 Å². The molecule has 30 heavy (non-hydrogen) atoms. The van der Waals surface area contributed by atoms with Crippen molar-refractivity contribution in [2.45, 2.75) is 12.5 Å². The Morgan fingerprint density at radius 1 is 1.10 bits per heavy atom. The predicted molar refractivity (Wildman–Crippen MR) is 107 cm³/mol. The van der Waals surface area contributed by atoms with Crippen molar-refractivity contribution >= 4 is 29.4 Å². The fraction of sp³-hybridized carbons (Fsp3) is 0.238. The summed E-state index contributed by atoms with van der Waals surface area (Å²) in [7, 11) is 1.39. The molecule has 0 unspecified atom stereocenters. The number of hydrogen-bond acceptors (Lipinski definition) is 4. The predicted octanol–water partition coefficient (Wildman–Crippen LogP) is 1.69. The van der Waals surface area contributed by atoms with Gasteiger partial charge in [-0.2, -0.15) is 0 Å². The summed E-state index contributed by atoms with van der Waals surface area (Å²) in [5, 5.41) is 5.17. The van der Waals surface area contributed by atoms with Crippen LogP contribution in [0.25, 0.3) is 0 Å². The number of carbonyl (C=O) groups is 4. The quantitative estimate of drug-likeness (QED) is 0.706. The van der Waals surface area contributed by atoms with Crippen molar-refractivity contribution in [3.8, 4) is 0 Å². The molecule has 1 aliphatic rings. The number of nitrogens with zero attached hydrogens (tertiary/aromatic N) is 2. The summed E-state index contributed by atoms with van der Waals surface area (Å²) < 4.78 is 12.9. The van der Waals surface area contributed by atoms with E-state index in [1.807, 2.05) is 0 Å². The van der Waals surface area contributed by atoms with Crippen molar-refractivity contribution < 1.29 is 23.6 Å². The second-order valence-corrected chi connectivity index (χ2v) is 7.12. The van der Waals surface area contributed by atoms with Crippen LogP contribution in [-0.4, -0.2) is 53.7 Å². The summed E-state index contributed by atoms with van der Waals surface area (Å²) in [6.07, 6.45) is 0. The van der Waals surface area contributed by atoms with Gasteiger partial charge in [0.15, 0.2) is 0 Å². The first-order valence-corrected chi connectivity index (χ1v) is 9.20. The van der Waals surface area contributed by atoms with Gasteiger partial charge in [0, 0.05) is 12.7 Å². The summed E-state index contributed by atoms with van der Waals surface area (Å²) in [4.78, 5) is 51.7. The number of halogens is 1. The Morgan fingerprint density at radius 2 is 1.73 bits per heavy atom. The lowest BCUT2D eigenvalue weighted by Crippen LogP contribution is -2.45. The minimum atomic E-state index is -1.27. The molecule has 0 aliphatic carbocycles. The van der Waals surface area contributed by atoms with Gasteiger partial charge in [-0.25, -0.2) is 9.18 Å². The summed E-state index contributed by atoms with van der Waals surface area (Å²) in [5.41, 5.74) is -0.280. The number of hydrogen-bond donors (Lipinski definition) is 2. The molecular formula is C21H21FN4O4. The lowest BCUT2D eigenvalue weighted by atomic mass is 9.92. The van der Waals surface area contributed by atoms with Crippen LogP contribution in [0.5, 0.6) is 0 Å². The SMILES string of the molecule is CN(CC(=O)Nc1ccc(F)cc1)C(=O)CN1C(=O)N[C@@](C)(c2ccccc2)C1=O. The molecule has 2 aromatic rings. The molecule has 156 valence electrons. The number of nitrogens with one attached hydrogen (secondary N) is 2. The van der Waals surface area contributed by atoms with Gasteiger partial charge in [-0.3, -0.25) is 19.3 Å². The molecule has 5 amide bonds. The largest absolute Gasteiger partial charge is 0.335 e. The fourth-order valence-corrected chi connectivity index (χ4v) is 3.10. The molecule has 1 fully saturated rings. The monoisotopic (exact) mass is 412 g/mol. The van der Waals surface area contributed by atoms with Gasteiger partial charge in [-0.05, 0) is 36.8 Å². The zero-order valence-electron chi connectivity index (χ0n) is 16.5. The molecule has 2 N–H and O–H groups in total. The molecule has 0 spiro atoms. The lowest BCUT2D eigenvalue weighted by Gasteiger charge is -2.23. The molecule has 0 radical (unpaired) electrons. The molecule has 0 aromatic heterocycles. The van der Waals surface area contributed by atoms with Gasteiger partial charge in [0.25, 0.3) is 5.91 Å².